The van der Waals surface area contributed by atoms with Crippen LogP contribution in [0.4, 0.5) is 8.78 Å². The molecule has 0 unspecified atom stereocenters. The first-order chi connectivity index (χ1) is 12.0. The van der Waals surface area contributed by atoms with Gasteiger partial charge in [0.25, 0.3) is 0 Å². The van der Waals surface area contributed by atoms with E-state index in [1.54, 1.807) is 12.1 Å². The number of hydrogen-bond donors (Lipinski definition) is 0. The first kappa shape index (κ1) is 16.8. The van der Waals surface area contributed by atoms with Crippen molar-refractivity contribution in [2.24, 2.45) is 4.99 Å². The first-order valence-corrected chi connectivity index (χ1v) is 7.64. The molecule has 0 saturated heterocycles. The molecule has 4 nitrogen and oxygen atoms in total. The fourth-order valence-corrected chi connectivity index (χ4v) is 2.43. The van der Waals surface area contributed by atoms with E-state index < -0.39 is 11.8 Å². The molecule has 0 aromatic heterocycles. The molecule has 0 amide bonds. The van der Waals surface area contributed by atoms with Gasteiger partial charge in [0, 0.05) is 12.0 Å². The predicted molar refractivity (Wildman–Crippen MR) is 89.2 cm³/mol. The van der Waals surface area contributed by atoms with E-state index in [0.717, 1.165) is 5.56 Å². The zero-order valence-electron chi connectivity index (χ0n) is 13.5. The Morgan fingerprint density at radius 1 is 1.08 bits per heavy atom. The quantitative estimate of drug-likeness (QED) is 0.611. The molecule has 1 heterocycles. The maximum absolute atomic E-state index is 13.4. The number of aryl methyl sites for hydroxylation is 1. The van der Waals surface area contributed by atoms with Crippen molar-refractivity contribution in [3.8, 4) is 5.75 Å². The highest BCUT2D eigenvalue weighted by Gasteiger charge is 2.23. The van der Waals surface area contributed by atoms with E-state index in [1.807, 2.05) is 0 Å². The molecule has 0 saturated carbocycles. The van der Waals surface area contributed by atoms with Crippen LogP contribution < -0.4 is 4.74 Å². The third kappa shape index (κ3) is 4.09. The Labute approximate surface area is 143 Å². The lowest BCUT2D eigenvalue weighted by atomic mass is 10.1. The van der Waals surface area contributed by atoms with E-state index in [1.165, 1.54) is 43.5 Å². The normalized spacial score (nSPS) is 15.2. The van der Waals surface area contributed by atoms with Crippen molar-refractivity contribution < 1.29 is 23.0 Å². The van der Waals surface area contributed by atoms with Crippen LogP contribution >= 0.6 is 0 Å². The summed E-state index contributed by atoms with van der Waals surface area (Å²) in [6.07, 6.45) is 2.38. The predicted octanol–water partition coefficient (Wildman–Crippen LogP) is 3.90. The minimum absolute atomic E-state index is 0.0815. The molecule has 128 valence electrons. The number of carbonyl (C=O) groups excluding carboxylic acids is 1. The van der Waals surface area contributed by atoms with Crippen LogP contribution in [0.25, 0.3) is 6.08 Å². The van der Waals surface area contributed by atoms with Crippen LogP contribution in [0.1, 0.15) is 17.5 Å². The standard InChI is InChI=1S/C19H15F2NO3/c1-24-17-8-7-15(21)10-13(17)11-16-19(23)25-18(22-16)9-4-12-2-5-14(20)6-3-12/h2-3,5-8,10-11H,4,9H2,1H3/b16-11+. The fraction of sp³-hybridized carbons (Fsp3) is 0.158. The average molecular weight is 343 g/mol. The molecule has 6 heteroatoms. The van der Waals surface area contributed by atoms with Crippen LogP contribution in [-0.2, 0) is 16.0 Å². The fourth-order valence-electron chi connectivity index (χ4n) is 2.43. The Bertz CT molecular complexity index is 857. The van der Waals surface area contributed by atoms with Crippen LogP contribution in [0.15, 0.2) is 53.2 Å². The molecule has 1 aliphatic heterocycles. The summed E-state index contributed by atoms with van der Waals surface area (Å²) in [6, 6.07) is 10.1. The maximum atomic E-state index is 13.4. The minimum atomic E-state index is -0.597. The van der Waals surface area contributed by atoms with Gasteiger partial charge in [0.2, 0.25) is 0 Å². The molecule has 0 N–H and O–H groups in total. The summed E-state index contributed by atoms with van der Waals surface area (Å²) >= 11 is 0. The smallest absolute Gasteiger partial charge is 0.363 e. The van der Waals surface area contributed by atoms with Gasteiger partial charge >= 0.3 is 5.97 Å². The monoisotopic (exact) mass is 343 g/mol. The lowest BCUT2D eigenvalue weighted by Crippen LogP contribution is -2.05. The van der Waals surface area contributed by atoms with Gasteiger partial charge in [-0.15, -0.1) is 0 Å². The van der Waals surface area contributed by atoms with Crippen molar-refractivity contribution in [3.05, 3.63) is 70.9 Å². The van der Waals surface area contributed by atoms with Gasteiger partial charge in [0.1, 0.15) is 17.4 Å². The number of cyclic esters (lactones) is 1. The SMILES string of the molecule is COc1ccc(F)cc1/C=C1/N=C(CCc2ccc(F)cc2)OC1=O. The van der Waals surface area contributed by atoms with Gasteiger partial charge in [-0.1, -0.05) is 12.1 Å². The van der Waals surface area contributed by atoms with Gasteiger partial charge in [-0.05, 0) is 48.4 Å². The number of benzene rings is 2. The Morgan fingerprint density at radius 3 is 2.52 bits per heavy atom. The van der Waals surface area contributed by atoms with Crippen LogP contribution in [0.5, 0.6) is 5.75 Å². The molecule has 0 fully saturated rings. The summed E-state index contributed by atoms with van der Waals surface area (Å²) in [5, 5.41) is 0. The second-order valence-electron chi connectivity index (χ2n) is 5.44. The highest BCUT2D eigenvalue weighted by atomic mass is 19.1. The average Bonchev–Trinajstić information content (AvgIpc) is 2.94. The van der Waals surface area contributed by atoms with Crippen LogP contribution in [-0.4, -0.2) is 19.0 Å². The number of rotatable bonds is 5. The second-order valence-corrected chi connectivity index (χ2v) is 5.44. The van der Waals surface area contributed by atoms with Crippen LogP contribution in [0.2, 0.25) is 0 Å². The zero-order chi connectivity index (χ0) is 17.8. The van der Waals surface area contributed by atoms with E-state index in [-0.39, 0.29) is 17.4 Å². The number of hydrogen-bond acceptors (Lipinski definition) is 4. The molecule has 3 rings (SSSR count). The third-order valence-corrected chi connectivity index (χ3v) is 3.69. The van der Waals surface area contributed by atoms with Crippen molar-refractivity contribution >= 4 is 17.9 Å². The number of aliphatic imine (C=N–C) groups is 1. The number of nitrogens with zero attached hydrogens (tertiary/aromatic N) is 1. The van der Waals surface area contributed by atoms with Gasteiger partial charge in [-0.25, -0.2) is 18.6 Å². The topological polar surface area (TPSA) is 47.9 Å². The Morgan fingerprint density at radius 2 is 1.80 bits per heavy atom. The highest BCUT2D eigenvalue weighted by Crippen LogP contribution is 2.25. The van der Waals surface area contributed by atoms with Crippen molar-refractivity contribution in [2.45, 2.75) is 12.8 Å². The molecule has 0 spiro atoms. The van der Waals surface area contributed by atoms with E-state index in [0.29, 0.717) is 24.2 Å². The number of carbonyl (C=O) groups is 1. The Hall–Kier alpha value is -3.02. The van der Waals surface area contributed by atoms with Gasteiger partial charge in [0.05, 0.1) is 7.11 Å². The minimum Gasteiger partial charge on any atom is -0.496 e. The summed E-state index contributed by atoms with van der Waals surface area (Å²) in [7, 11) is 1.46. The van der Waals surface area contributed by atoms with Crippen molar-refractivity contribution in [1.29, 1.82) is 0 Å². The van der Waals surface area contributed by atoms with Crippen molar-refractivity contribution in [3.63, 3.8) is 0 Å². The largest absolute Gasteiger partial charge is 0.496 e. The number of halogens is 2. The molecular weight excluding hydrogens is 328 g/mol. The van der Waals surface area contributed by atoms with Gasteiger partial charge in [-0.2, -0.15) is 0 Å². The van der Waals surface area contributed by atoms with Gasteiger partial charge in [0.15, 0.2) is 11.6 Å². The second kappa shape index (κ2) is 7.25. The molecule has 0 bridgehead atoms. The van der Waals surface area contributed by atoms with Crippen molar-refractivity contribution in [2.75, 3.05) is 7.11 Å². The Balaban J connectivity index is 1.76. The van der Waals surface area contributed by atoms with Crippen LogP contribution in [0, 0.1) is 11.6 Å². The molecule has 0 aliphatic carbocycles. The summed E-state index contributed by atoms with van der Waals surface area (Å²) in [6.45, 7) is 0. The number of methoxy groups -OCH3 is 1. The molecule has 2 aromatic rings. The van der Waals surface area contributed by atoms with Crippen LogP contribution in [0.3, 0.4) is 0 Å². The summed E-state index contributed by atoms with van der Waals surface area (Å²) < 4.78 is 36.6. The summed E-state index contributed by atoms with van der Waals surface area (Å²) in [4.78, 5) is 16.1. The third-order valence-electron chi connectivity index (χ3n) is 3.69. The van der Waals surface area contributed by atoms with Gasteiger partial charge in [-0.3, -0.25) is 0 Å². The molecular formula is C19H15F2NO3. The molecule has 0 atom stereocenters. The van der Waals surface area contributed by atoms with E-state index in [9.17, 15) is 13.6 Å². The number of ether oxygens (including phenoxy) is 2. The lowest BCUT2D eigenvalue weighted by molar-refractivity contribution is -0.130. The molecule has 1 aliphatic rings. The highest BCUT2D eigenvalue weighted by molar-refractivity contribution is 6.07. The molecule has 2 aromatic carbocycles. The molecule has 0 radical (unpaired) electrons. The van der Waals surface area contributed by atoms with E-state index in [4.69, 9.17) is 9.47 Å². The summed E-state index contributed by atoms with van der Waals surface area (Å²) in [5.74, 6) is -0.643. The zero-order valence-corrected chi connectivity index (χ0v) is 13.5. The number of esters is 1. The van der Waals surface area contributed by atoms with Gasteiger partial charge < -0.3 is 9.47 Å². The Kier molecular flexibility index (Phi) is 4.88. The first-order valence-electron chi connectivity index (χ1n) is 7.64. The lowest BCUT2D eigenvalue weighted by Gasteiger charge is -2.04. The maximum Gasteiger partial charge on any atom is 0.363 e. The molecule has 25 heavy (non-hydrogen) atoms. The van der Waals surface area contributed by atoms with Crippen molar-refractivity contribution in [1.82, 2.24) is 0 Å². The van der Waals surface area contributed by atoms with E-state index >= 15 is 0 Å². The van der Waals surface area contributed by atoms with E-state index in [2.05, 4.69) is 4.99 Å². The summed E-state index contributed by atoms with van der Waals surface area (Å²) in [5.41, 5.74) is 1.39.